The van der Waals surface area contributed by atoms with E-state index in [0.29, 0.717) is 0 Å². The number of aliphatic hydroxyl groups is 2. The van der Waals surface area contributed by atoms with E-state index in [1.54, 1.807) is 27.7 Å². The molecule has 0 saturated heterocycles. The number of ether oxygens (including phenoxy) is 2. The molecule has 0 aromatic rings. The SMILES string of the molecule is CCOC(=O)C(CC(O)CO)(C(=O)OCC)C(C)C. The molecule has 0 aromatic heterocycles. The maximum atomic E-state index is 12.2. The Morgan fingerprint density at radius 2 is 1.53 bits per heavy atom. The summed E-state index contributed by atoms with van der Waals surface area (Å²) in [5.41, 5.74) is -1.59. The molecule has 0 radical (unpaired) electrons. The summed E-state index contributed by atoms with van der Waals surface area (Å²) in [6.07, 6.45) is -1.41. The Morgan fingerprint density at radius 1 is 1.11 bits per heavy atom. The van der Waals surface area contributed by atoms with Crippen LogP contribution in [0.3, 0.4) is 0 Å². The standard InChI is InChI=1S/C13H24O6/c1-5-18-11(16)13(9(3)4,7-10(15)8-14)12(17)19-6-2/h9-10,14-15H,5-8H2,1-4H3. The van der Waals surface area contributed by atoms with Gasteiger partial charge in [0.15, 0.2) is 5.41 Å². The summed E-state index contributed by atoms with van der Waals surface area (Å²) >= 11 is 0. The summed E-state index contributed by atoms with van der Waals surface area (Å²) in [6, 6.07) is 0. The van der Waals surface area contributed by atoms with Crippen molar-refractivity contribution in [2.45, 2.75) is 40.2 Å². The van der Waals surface area contributed by atoms with Crippen molar-refractivity contribution in [2.75, 3.05) is 19.8 Å². The van der Waals surface area contributed by atoms with Crippen LogP contribution in [0.4, 0.5) is 0 Å². The number of aliphatic hydroxyl groups excluding tert-OH is 2. The number of hydrogen-bond donors (Lipinski definition) is 2. The largest absolute Gasteiger partial charge is 0.465 e. The molecule has 0 heterocycles. The zero-order valence-corrected chi connectivity index (χ0v) is 12.0. The lowest BCUT2D eigenvalue weighted by atomic mass is 9.73. The Hall–Kier alpha value is -1.14. The van der Waals surface area contributed by atoms with Gasteiger partial charge in [-0.25, -0.2) is 0 Å². The fourth-order valence-electron chi connectivity index (χ4n) is 1.91. The Kier molecular flexibility index (Phi) is 7.63. The molecule has 0 spiro atoms. The van der Waals surface area contributed by atoms with Crippen molar-refractivity contribution in [3.05, 3.63) is 0 Å². The van der Waals surface area contributed by atoms with Crippen molar-refractivity contribution in [2.24, 2.45) is 11.3 Å². The lowest BCUT2D eigenvalue weighted by Crippen LogP contribution is -2.48. The number of hydrogen-bond acceptors (Lipinski definition) is 6. The van der Waals surface area contributed by atoms with E-state index in [9.17, 15) is 14.7 Å². The van der Waals surface area contributed by atoms with E-state index in [0.717, 1.165) is 0 Å². The van der Waals surface area contributed by atoms with Gasteiger partial charge in [0.2, 0.25) is 0 Å². The molecule has 0 amide bonds. The number of carbonyl (C=O) groups is 2. The molecule has 0 fully saturated rings. The normalized spacial score (nSPS) is 13.2. The second kappa shape index (κ2) is 8.12. The molecule has 19 heavy (non-hydrogen) atoms. The topological polar surface area (TPSA) is 93.1 Å². The third-order valence-electron chi connectivity index (χ3n) is 3.03. The van der Waals surface area contributed by atoms with Gasteiger partial charge in [0.25, 0.3) is 0 Å². The summed E-state index contributed by atoms with van der Waals surface area (Å²) in [4.78, 5) is 24.3. The van der Waals surface area contributed by atoms with E-state index in [-0.39, 0.29) is 19.6 Å². The first-order valence-corrected chi connectivity index (χ1v) is 6.50. The van der Waals surface area contributed by atoms with Gasteiger partial charge in [-0.15, -0.1) is 0 Å². The van der Waals surface area contributed by atoms with E-state index in [2.05, 4.69) is 0 Å². The minimum absolute atomic E-state index is 0.127. The van der Waals surface area contributed by atoms with Crippen molar-refractivity contribution >= 4 is 11.9 Å². The lowest BCUT2D eigenvalue weighted by molar-refractivity contribution is -0.179. The zero-order valence-electron chi connectivity index (χ0n) is 12.0. The van der Waals surface area contributed by atoms with Gasteiger partial charge in [-0.1, -0.05) is 13.8 Å². The predicted molar refractivity (Wildman–Crippen MR) is 68.2 cm³/mol. The third kappa shape index (κ3) is 4.18. The first-order valence-electron chi connectivity index (χ1n) is 6.50. The highest BCUT2D eigenvalue weighted by Crippen LogP contribution is 2.36. The van der Waals surface area contributed by atoms with Crippen LogP contribution in [-0.4, -0.2) is 48.1 Å². The number of esters is 2. The van der Waals surface area contributed by atoms with Crippen LogP contribution >= 0.6 is 0 Å². The van der Waals surface area contributed by atoms with Gasteiger partial charge in [-0.3, -0.25) is 9.59 Å². The zero-order chi connectivity index (χ0) is 15.1. The highest BCUT2D eigenvalue weighted by molar-refractivity contribution is 6.00. The molecule has 0 aromatic carbocycles. The number of carbonyl (C=O) groups excluding carboxylic acids is 2. The molecular weight excluding hydrogens is 252 g/mol. The van der Waals surface area contributed by atoms with Gasteiger partial charge in [0.1, 0.15) is 0 Å². The maximum Gasteiger partial charge on any atom is 0.323 e. The monoisotopic (exact) mass is 276 g/mol. The average Bonchev–Trinajstić information content (AvgIpc) is 2.35. The Balaban J connectivity index is 5.46. The quantitative estimate of drug-likeness (QED) is 0.495. The van der Waals surface area contributed by atoms with E-state index in [1.165, 1.54) is 0 Å². The molecule has 0 aliphatic carbocycles. The predicted octanol–water partition coefficient (Wildman–Crippen LogP) is 0.498. The van der Waals surface area contributed by atoms with Crippen LogP contribution < -0.4 is 0 Å². The van der Waals surface area contributed by atoms with Crippen LogP contribution in [0, 0.1) is 11.3 Å². The summed E-state index contributed by atoms with van der Waals surface area (Å²) in [5, 5.41) is 18.6. The fourth-order valence-corrected chi connectivity index (χ4v) is 1.91. The molecule has 2 N–H and O–H groups in total. The molecule has 0 saturated carbocycles. The van der Waals surface area contributed by atoms with Gasteiger partial charge in [0.05, 0.1) is 25.9 Å². The molecule has 1 unspecified atom stereocenters. The van der Waals surface area contributed by atoms with E-state index in [4.69, 9.17) is 14.6 Å². The minimum atomic E-state index is -1.59. The van der Waals surface area contributed by atoms with Crippen LogP contribution in [0.25, 0.3) is 0 Å². The van der Waals surface area contributed by atoms with E-state index < -0.39 is 36.0 Å². The van der Waals surface area contributed by atoms with Crippen molar-refractivity contribution in [3.63, 3.8) is 0 Å². The van der Waals surface area contributed by atoms with Gasteiger partial charge in [-0.2, -0.15) is 0 Å². The first kappa shape index (κ1) is 17.9. The van der Waals surface area contributed by atoms with Crippen molar-refractivity contribution < 1.29 is 29.3 Å². The second-order valence-corrected chi connectivity index (χ2v) is 4.61. The minimum Gasteiger partial charge on any atom is -0.465 e. The average molecular weight is 276 g/mol. The molecule has 1 atom stereocenters. The lowest BCUT2D eigenvalue weighted by Gasteiger charge is -2.33. The summed E-state index contributed by atoms with van der Waals surface area (Å²) in [6.45, 7) is 6.35. The summed E-state index contributed by atoms with van der Waals surface area (Å²) < 4.78 is 9.90. The number of rotatable bonds is 8. The van der Waals surface area contributed by atoms with Crippen LogP contribution in [0.2, 0.25) is 0 Å². The fraction of sp³-hybridized carbons (Fsp3) is 0.846. The first-order chi connectivity index (χ1) is 8.86. The van der Waals surface area contributed by atoms with Crippen LogP contribution in [-0.2, 0) is 19.1 Å². The van der Waals surface area contributed by atoms with Crippen LogP contribution in [0.1, 0.15) is 34.1 Å². The smallest absolute Gasteiger partial charge is 0.323 e. The summed E-state index contributed by atoms with van der Waals surface area (Å²) in [7, 11) is 0. The molecule has 0 bridgehead atoms. The molecule has 6 nitrogen and oxygen atoms in total. The van der Waals surface area contributed by atoms with E-state index >= 15 is 0 Å². The van der Waals surface area contributed by atoms with E-state index in [1.807, 2.05) is 0 Å². The Bertz CT molecular complexity index is 282. The maximum absolute atomic E-state index is 12.2. The van der Waals surface area contributed by atoms with Gasteiger partial charge >= 0.3 is 11.9 Å². The second-order valence-electron chi connectivity index (χ2n) is 4.61. The molecule has 0 aliphatic heterocycles. The molecule has 6 heteroatoms. The van der Waals surface area contributed by atoms with Gasteiger partial charge in [-0.05, 0) is 19.8 Å². The van der Waals surface area contributed by atoms with Crippen LogP contribution in [0.5, 0.6) is 0 Å². The molecular formula is C13H24O6. The van der Waals surface area contributed by atoms with Gasteiger partial charge < -0.3 is 19.7 Å². The van der Waals surface area contributed by atoms with Crippen molar-refractivity contribution in [1.29, 1.82) is 0 Å². The molecule has 0 rings (SSSR count). The Morgan fingerprint density at radius 3 is 1.79 bits per heavy atom. The summed E-state index contributed by atoms with van der Waals surface area (Å²) in [5.74, 6) is -1.88. The van der Waals surface area contributed by atoms with Crippen molar-refractivity contribution in [3.8, 4) is 0 Å². The third-order valence-corrected chi connectivity index (χ3v) is 3.03. The van der Waals surface area contributed by atoms with Crippen LogP contribution in [0.15, 0.2) is 0 Å². The highest BCUT2D eigenvalue weighted by Gasteiger charge is 2.52. The van der Waals surface area contributed by atoms with Gasteiger partial charge in [0, 0.05) is 6.42 Å². The molecule has 112 valence electrons. The molecule has 0 aliphatic rings. The highest BCUT2D eigenvalue weighted by atomic mass is 16.6. The Labute approximate surface area is 113 Å². The van der Waals surface area contributed by atoms with Crippen molar-refractivity contribution in [1.82, 2.24) is 0 Å².